The van der Waals surface area contributed by atoms with Crippen molar-refractivity contribution in [1.29, 1.82) is 0 Å². The first-order valence-electron chi connectivity index (χ1n) is 3.63. The molecule has 4 nitrogen and oxygen atoms in total. The van der Waals surface area contributed by atoms with E-state index in [1.165, 1.54) is 0 Å². The predicted octanol–water partition coefficient (Wildman–Crippen LogP) is -2.02. The molecule has 0 atom stereocenters. The van der Waals surface area contributed by atoms with Crippen molar-refractivity contribution in [3.63, 3.8) is 0 Å². The van der Waals surface area contributed by atoms with Gasteiger partial charge in [0.25, 0.3) is 0 Å². The number of hydrogen-bond acceptors (Lipinski definition) is 4. The third-order valence-corrected chi connectivity index (χ3v) is 1.90. The van der Waals surface area contributed by atoms with E-state index in [9.17, 15) is 13.0 Å². The molecule has 1 rings (SSSR count). The zero-order chi connectivity index (χ0) is 9.90. The smallest absolute Gasteiger partial charge is 0.726 e. The standard InChI is InChI=1S/C8H10O4S.K/c1-7-2-4-8(5-3-7)6-12-13(9,10)11;/h2-5H,6H2,1H3,(H,9,10,11);/q;+1/p-1. The second-order valence-corrected chi connectivity index (χ2v) is 3.71. The Labute approximate surface area is 126 Å². The van der Waals surface area contributed by atoms with Crippen LogP contribution in [0.15, 0.2) is 24.3 Å². The largest absolute Gasteiger partial charge is 1.00 e. The molecule has 6 heteroatoms. The molecule has 14 heavy (non-hydrogen) atoms. The minimum atomic E-state index is -4.58. The molecule has 0 saturated heterocycles. The van der Waals surface area contributed by atoms with Crippen molar-refractivity contribution in [2.45, 2.75) is 13.5 Å². The molecule has 0 aliphatic carbocycles. The Hall–Kier alpha value is 0.726. The number of hydrogen-bond donors (Lipinski definition) is 0. The fourth-order valence-electron chi connectivity index (χ4n) is 0.825. The van der Waals surface area contributed by atoms with Gasteiger partial charge in [-0.15, -0.1) is 0 Å². The molecule has 0 bridgehead atoms. The molecular weight excluding hydrogens is 231 g/mol. The summed E-state index contributed by atoms with van der Waals surface area (Å²) in [5.41, 5.74) is 1.72. The van der Waals surface area contributed by atoms with Gasteiger partial charge in [0.05, 0.1) is 6.61 Å². The van der Waals surface area contributed by atoms with Crippen LogP contribution in [-0.2, 0) is 21.2 Å². The topological polar surface area (TPSA) is 66.4 Å². The summed E-state index contributed by atoms with van der Waals surface area (Å²) in [6, 6.07) is 7.05. The molecule has 1 aromatic rings. The first-order valence-corrected chi connectivity index (χ1v) is 4.96. The normalized spacial score (nSPS) is 10.7. The van der Waals surface area contributed by atoms with Crippen LogP contribution >= 0.6 is 0 Å². The van der Waals surface area contributed by atoms with E-state index in [-0.39, 0.29) is 58.0 Å². The summed E-state index contributed by atoms with van der Waals surface area (Å²) in [4.78, 5) is 0. The zero-order valence-corrected chi connectivity index (χ0v) is 12.0. The Balaban J connectivity index is 0.00000169. The molecule has 0 N–H and O–H groups in total. The van der Waals surface area contributed by atoms with Crippen LogP contribution in [0.4, 0.5) is 0 Å². The summed E-state index contributed by atoms with van der Waals surface area (Å²) < 4.78 is 34.4. The second kappa shape index (κ2) is 6.34. The zero-order valence-electron chi connectivity index (χ0n) is 8.06. The maximum Gasteiger partial charge on any atom is 1.00 e. The van der Waals surface area contributed by atoms with E-state index in [1.807, 2.05) is 19.1 Å². The van der Waals surface area contributed by atoms with Gasteiger partial charge in [0.2, 0.25) is 10.4 Å². The Morgan fingerprint density at radius 2 is 1.79 bits per heavy atom. The maximum absolute atomic E-state index is 10.1. The summed E-state index contributed by atoms with van der Waals surface area (Å²) in [5.74, 6) is 0. The number of aryl methyl sites for hydroxylation is 1. The minimum absolute atomic E-state index is 0. The van der Waals surface area contributed by atoms with E-state index in [0.717, 1.165) is 5.56 Å². The predicted molar refractivity (Wildman–Crippen MR) is 45.7 cm³/mol. The Bertz CT molecular complexity index is 371. The minimum Gasteiger partial charge on any atom is -0.726 e. The van der Waals surface area contributed by atoms with Gasteiger partial charge < -0.3 is 4.55 Å². The van der Waals surface area contributed by atoms with Crippen LogP contribution in [0.5, 0.6) is 0 Å². The van der Waals surface area contributed by atoms with E-state index in [1.54, 1.807) is 12.1 Å². The molecular formula is C8H9KO4S. The van der Waals surface area contributed by atoms with E-state index >= 15 is 0 Å². The Morgan fingerprint density at radius 1 is 1.29 bits per heavy atom. The number of benzene rings is 1. The van der Waals surface area contributed by atoms with Gasteiger partial charge in [-0.2, -0.15) is 0 Å². The van der Waals surface area contributed by atoms with E-state index in [4.69, 9.17) is 0 Å². The average Bonchev–Trinajstić information content (AvgIpc) is 2.02. The molecule has 0 aromatic heterocycles. The summed E-state index contributed by atoms with van der Waals surface area (Å²) in [5, 5.41) is 0. The molecule has 0 aliphatic rings. The van der Waals surface area contributed by atoms with Gasteiger partial charge >= 0.3 is 51.4 Å². The molecule has 0 fully saturated rings. The van der Waals surface area contributed by atoms with Crippen molar-refractivity contribution in [1.82, 2.24) is 0 Å². The fraction of sp³-hybridized carbons (Fsp3) is 0.250. The molecule has 1 aromatic carbocycles. The molecule has 0 radical (unpaired) electrons. The van der Waals surface area contributed by atoms with Gasteiger partial charge in [-0.3, -0.25) is 4.18 Å². The van der Waals surface area contributed by atoms with E-state index < -0.39 is 10.4 Å². The number of rotatable bonds is 3. The molecule has 0 spiro atoms. The summed E-state index contributed by atoms with van der Waals surface area (Å²) in [7, 11) is -4.58. The van der Waals surface area contributed by atoms with Crippen LogP contribution in [0.1, 0.15) is 11.1 Å². The van der Waals surface area contributed by atoms with Crippen LogP contribution in [-0.4, -0.2) is 13.0 Å². The van der Waals surface area contributed by atoms with Crippen LogP contribution in [0.25, 0.3) is 0 Å². The molecule has 0 saturated carbocycles. The maximum atomic E-state index is 10.1. The van der Waals surface area contributed by atoms with Crippen molar-refractivity contribution in [2.75, 3.05) is 0 Å². The van der Waals surface area contributed by atoms with Crippen LogP contribution in [0.2, 0.25) is 0 Å². The van der Waals surface area contributed by atoms with Gasteiger partial charge in [0.1, 0.15) is 0 Å². The van der Waals surface area contributed by atoms with Crippen molar-refractivity contribution in [3.8, 4) is 0 Å². The van der Waals surface area contributed by atoms with Crippen molar-refractivity contribution in [3.05, 3.63) is 35.4 Å². The first-order chi connectivity index (χ1) is 5.97. The van der Waals surface area contributed by atoms with Crippen LogP contribution < -0.4 is 51.4 Å². The van der Waals surface area contributed by atoms with E-state index in [2.05, 4.69) is 4.18 Å². The van der Waals surface area contributed by atoms with Crippen molar-refractivity contribution < 1.29 is 68.5 Å². The fourth-order valence-corrected chi connectivity index (χ4v) is 1.10. The third-order valence-electron chi connectivity index (χ3n) is 1.49. The molecule has 0 amide bonds. The second-order valence-electron chi connectivity index (χ2n) is 2.66. The van der Waals surface area contributed by atoms with E-state index in [0.29, 0.717) is 5.56 Å². The van der Waals surface area contributed by atoms with Crippen LogP contribution in [0, 0.1) is 6.92 Å². The molecule has 72 valence electrons. The Morgan fingerprint density at radius 3 is 2.21 bits per heavy atom. The van der Waals surface area contributed by atoms with Gasteiger partial charge in [-0.05, 0) is 12.5 Å². The summed E-state index contributed by atoms with van der Waals surface area (Å²) in [6.45, 7) is 1.71. The van der Waals surface area contributed by atoms with Crippen molar-refractivity contribution in [2.24, 2.45) is 0 Å². The SMILES string of the molecule is Cc1ccc(COS(=O)(=O)[O-])cc1.[K+]. The van der Waals surface area contributed by atoms with Crippen molar-refractivity contribution >= 4 is 10.4 Å². The molecule has 0 aliphatic heterocycles. The van der Waals surface area contributed by atoms with Gasteiger partial charge in [0, 0.05) is 0 Å². The summed E-state index contributed by atoms with van der Waals surface area (Å²) >= 11 is 0. The third kappa shape index (κ3) is 6.26. The monoisotopic (exact) mass is 240 g/mol. The van der Waals surface area contributed by atoms with Gasteiger partial charge in [-0.1, -0.05) is 29.8 Å². The summed E-state index contributed by atoms with van der Waals surface area (Å²) in [6.07, 6.45) is 0. The average molecular weight is 240 g/mol. The van der Waals surface area contributed by atoms with Crippen LogP contribution in [0.3, 0.4) is 0 Å². The quantitative estimate of drug-likeness (QED) is 0.347. The Kier molecular flexibility index (Phi) is 6.67. The molecule has 0 unspecified atom stereocenters. The van der Waals surface area contributed by atoms with Gasteiger partial charge in [-0.25, -0.2) is 8.42 Å². The first kappa shape index (κ1) is 14.7. The van der Waals surface area contributed by atoms with Gasteiger partial charge in [0.15, 0.2) is 0 Å². The molecule has 0 heterocycles.